The predicted molar refractivity (Wildman–Crippen MR) is 56.5 cm³/mol. The number of aryl methyl sites for hydroxylation is 1. The first kappa shape index (κ1) is 8.62. The van der Waals surface area contributed by atoms with Crippen LogP contribution in [0.5, 0.6) is 0 Å². The van der Waals surface area contributed by atoms with E-state index < -0.39 is 0 Å². The highest BCUT2D eigenvalue weighted by atomic mass is 32.2. The summed E-state index contributed by atoms with van der Waals surface area (Å²) in [5.74, 6) is 1.03. The van der Waals surface area contributed by atoms with Gasteiger partial charge in [0, 0.05) is 14.1 Å². The van der Waals surface area contributed by atoms with E-state index in [1.807, 2.05) is 31.2 Å². The molecule has 1 aliphatic heterocycles. The van der Waals surface area contributed by atoms with Crippen LogP contribution in [0.3, 0.4) is 0 Å². The minimum atomic E-state index is 0.709. The van der Waals surface area contributed by atoms with Crippen LogP contribution in [0.1, 0.15) is 5.69 Å². The van der Waals surface area contributed by atoms with Crippen molar-refractivity contribution in [1.82, 2.24) is 9.55 Å². The predicted octanol–water partition coefficient (Wildman–Crippen LogP) is 0.937. The number of aliphatic imine (C=N–C) groups is 1. The molecule has 1 aromatic heterocycles. The number of fused-ring (bicyclic) bond motifs is 1. The van der Waals surface area contributed by atoms with E-state index in [0.717, 1.165) is 16.6 Å². The highest BCUT2D eigenvalue weighted by molar-refractivity contribution is 8.13. The Morgan fingerprint density at radius 2 is 2.23 bits per heavy atom. The molecule has 1 aromatic rings. The standard InChI is InChI=1S/C8H12N4S/c1-11-4-9-7-6(11)8(13-3)10-5-12(7)2/h4H,5H2,1-3H3. The van der Waals surface area contributed by atoms with Gasteiger partial charge in [0.05, 0.1) is 6.33 Å². The second kappa shape index (κ2) is 3.06. The number of hydrogen-bond acceptors (Lipinski definition) is 4. The quantitative estimate of drug-likeness (QED) is 0.619. The molecule has 0 saturated heterocycles. The maximum atomic E-state index is 4.45. The largest absolute Gasteiger partial charge is 0.338 e. The summed E-state index contributed by atoms with van der Waals surface area (Å²) in [5.41, 5.74) is 1.13. The number of nitrogens with zero attached hydrogens (tertiary/aromatic N) is 4. The molecule has 0 radical (unpaired) electrons. The molecule has 0 N–H and O–H groups in total. The third kappa shape index (κ3) is 1.23. The lowest BCUT2D eigenvalue weighted by atomic mass is 10.4. The van der Waals surface area contributed by atoms with E-state index in [0.29, 0.717) is 6.67 Å². The molecule has 5 heteroatoms. The fraction of sp³-hybridized carbons (Fsp3) is 0.500. The SMILES string of the molecule is CSC1=NCN(C)c2ncn(C)c21. The van der Waals surface area contributed by atoms with Crippen molar-refractivity contribution in [3.05, 3.63) is 12.0 Å². The number of thioether (sulfide) groups is 1. The Labute approximate surface area is 81.7 Å². The summed E-state index contributed by atoms with van der Waals surface area (Å²) in [6.45, 7) is 0.709. The monoisotopic (exact) mass is 196 g/mol. The Morgan fingerprint density at radius 3 is 2.92 bits per heavy atom. The number of anilines is 1. The molecular weight excluding hydrogens is 184 g/mol. The van der Waals surface area contributed by atoms with E-state index in [2.05, 4.69) is 14.9 Å². The van der Waals surface area contributed by atoms with Gasteiger partial charge in [0.25, 0.3) is 0 Å². The Hall–Kier alpha value is -0.970. The van der Waals surface area contributed by atoms with Crippen LogP contribution in [0, 0.1) is 0 Å². The number of imidazole rings is 1. The van der Waals surface area contributed by atoms with Gasteiger partial charge in [-0.2, -0.15) is 0 Å². The molecule has 0 bridgehead atoms. The van der Waals surface area contributed by atoms with E-state index in [9.17, 15) is 0 Å². The van der Waals surface area contributed by atoms with Gasteiger partial charge in [-0.1, -0.05) is 0 Å². The number of rotatable bonds is 0. The van der Waals surface area contributed by atoms with Gasteiger partial charge in [-0.05, 0) is 6.26 Å². The summed E-state index contributed by atoms with van der Waals surface area (Å²) in [6.07, 6.45) is 3.87. The normalized spacial score (nSPS) is 15.6. The summed E-state index contributed by atoms with van der Waals surface area (Å²) in [6, 6.07) is 0. The van der Waals surface area contributed by atoms with Crippen LogP contribution in [0.15, 0.2) is 11.3 Å². The van der Waals surface area contributed by atoms with E-state index in [1.165, 1.54) is 0 Å². The second-order valence-electron chi connectivity index (χ2n) is 3.03. The van der Waals surface area contributed by atoms with Crippen molar-refractivity contribution in [2.24, 2.45) is 12.0 Å². The highest BCUT2D eigenvalue weighted by Crippen LogP contribution is 2.25. The lowest BCUT2D eigenvalue weighted by Crippen LogP contribution is -2.25. The van der Waals surface area contributed by atoms with Crippen LogP contribution in [-0.2, 0) is 7.05 Å². The summed E-state index contributed by atoms with van der Waals surface area (Å²) in [7, 11) is 4.00. The molecule has 1 aliphatic rings. The van der Waals surface area contributed by atoms with Crippen LogP contribution in [-0.4, -0.2) is 34.6 Å². The molecule has 2 heterocycles. The molecule has 0 fully saturated rings. The van der Waals surface area contributed by atoms with Crippen molar-refractivity contribution < 1.29 is 0 Å². The van der Waals surface area contributed by atoms with Crippen molar-refractivity contribution in [1.29, 1.82) is 0 Å². The number of hydrogen-bond donors (Lipinski definition) is 0. The minimum Gasteiger partial charge on any atom is -0.338 e. The Kier molecular flexibility index (Phi) is 2.03. The average molecular weight is 196 g/mol. The van der Waals surface area contributed by atoms with Crippen LogP contribution in [0.25, 0.3) is 0 Å². The van der Waals surface area contributed by atoms with Crippen LogP contribution in [0.2, 0.25) is 0 Å². The van der Waals surface area contributed by atoms with Crippen molar-refractivity contribution >= 4 is 22.6 Å². The summed E-state index contributed by atoms with van der Waals surface area (Å²) >= 11 is 1.67. The lowest BCUT2D eigenvalue weighted by molar-refractivity contribution is 0.874. The topological polar surface area (TPSA) is 33.4 Å². The summed E-state index contributed by atoms with van der Waals surface area (Å²) in [5, 5.41) is 1.08. The van der Waals surface area contributed by atoms with Crippen LogP contribution < -0.4 is 4.90 Å². The van der Waals surface area contributed by atoms with Crippen LogP contribution >= 0.6 is 11.8 Å². The highest BCUT2D eigenvalue weighted by Gasteiger charge is 2.21. The van der Waals surface area contributed by atoms with E-state index >= 15 is 0 Å². The van der Waals surface area contributed by atoms with Crippen molar-refractivity contribution in [3.8, 4) is 0 Å². The molecule has 0 atom stereocenters. The van der Waals surface area contributed by atoms with Crippen molar-refractivity contribution in [2.75, 3.05) is 24.9 Å². The average Bonchev–Trinajstić information content (AvgIpc) is 2.51. The first-order chi connectivity index (χ1) is 6.24. The fourth-order valence-corrected chi connectivity index (χ4v) is 2.03. The Balaban J connectivity index is 2.55. The van der Waals surface area contributed by atoms with Gasteiger partial charge in [0.1, 0.15) is 17.4 Å². The first-order valence-corrected chi connectivity index (χ1v) is 5.27. The molecule has 0 aliphatic carbocycles. The van der Waals surface area contributed by atoms with E-state index in [4.69, 9.17) is 0 Å². The molecule has 0 spiro atoms. The van der Waals surface area contributed by atoms with Crippen molar-refractivity contribution in [3.63, 3.8) is 0 Å². The molecule has 13 heavy (non-hydrogen) atoms. The van der Waals surface area contributed by atoms with E-state index in [-0.39, 0.29) is 0 Å². The van der Waals surface area contributed by atoms with Crippen molar-refractivity contribution in [2.45, 2.75) is 0 Å². The van der Waals surface area contributed by atoms with Gasteiger partial charge in [-0.3, -0.25) is 4.99 Å². The molecule has 0 aromatic carbocycles. The Bertz CT molecular complexity index is 355. The second-order valence-corrected chi connectivity index (χ2v) is 3.83. The zero-order valence-electron chi connectivity index (χ0n) is 7.98. The van der Waals surface area contributed by atoms with Gasteiger partial charge in [-0.15, -0.1) is 11.8 Å². The van der Waals surface area contributed by atoms with Gasteiger partial charge < -0.3 is 9.47 Å². The zero-order valence-corrected chi connectivity index (χ0v) is 8.80. The smallest absolute Gasteiger partial charge is 0.158 e. The Morgan fingerprint density at radius 1 is 1.46 bits per heavy atom. The molecular formula is C8H12N4S. The summed E-state index contributed by atoms with van der Waals surface area (Å²) < 4.78 is 2.01. The molecule has 4 nitrogen and oxygen atoms in total. The fourth-order valence-electron chi connectivity index (χ4n) is 1.42. The summed E-state index contributed by atoms with van der Waals surface area (Å²) in [4.78, 5) is 10.8. The molecule has 70 valence electrons. The maximum Gasteiger partial charge on any atom is 0.158 e. The maximum absolute atomic E-state index is 4.45. The van der Waals surface area contributed by atoms with Gasteiger partial charge in [0.2, 0.25) is 0 Å². The van der Waals surface area contributed by atoms with Gasteiger partial charge in [-0.25, -0.2) is 4.98 Å². The van der Waals surface area contributed by atoms with Gasteiger partial charge >= 0.3 is 0 Å². The molecule has 0 saturated carbocycles. The number of aromatic nitrogens is 2. The zero-order chi connectivity index (χ0) is 9.42. The van der Waals surface area contributed by atoms with E-state index in [1.54, 1.807) is 11.8 Å². The minimum absolute atomic E-state index is 0.709. The lowest BCUT2D eigenvalue weighted by Gasteiger charge is -2.21. The third-order valence-corrected chi connectivity index (χ3v) is 2.81. The molecule has 0 amide bonds. The van der Waals surface area contributed by atoms with Crippen LogP contribution in [0.4, 0.5) is 5.82 Å². The van der Waals surface area contributed by atoms with Gasteiger partial charge in [0.15, 0.2) is 5.82 Å². The first-order valence-electron chi connectivity index (χ1n) is 4.05. The molecule has 0 unspecified atom stereocenters. The molecule has 2 rings (SSSR count). The third-order valence-electron chi connectivity index (χ3n) is 2.10.